The summed E-state index contributed by atoms with van der Waals surface area (Å²) in [5.41, 5.74) is 0.654. The van der Waals surface area contributed by atoms with Crippen molar-refractivity contribution < 1.29 is 29.0 Å². The van der Waals surface area contributed by atoms with E-state index in [4.69, 9.17) is 14.6 Å². The van der Waals surface area contributed by atoms with Gasteiger partial charge in [-0.3, -0.25) is 4.79 Å². The fraction of sp³-hybridized carbons (Fsp3) is 0.211. The summed E-state index contributed by atoms with van der Waals surface area (Å²) in [6, 6.07) is 15.0. The van der Waals surface area contributed by atoms with Gasteiger partial charge < -0.3 is 14.6 Å². The molecule has 25 heavy (non-hydrogen) atoms. The summed E-state index contributed by atoms with van der Waals surface area (Å²) in [6.07, 6.45) is -0.856. The van der Waals surface area contributed by atoms with Crippen molar-refractivity contribution in [2.75, 3.05) is 0 Å². The van der Waals surface area contributed by atoms with Gasteiger partial charge in [-0.1, -0.05) is 42.5 Å². The topological polar surface area (TPSA) is 89.9 Å². The molecule has 2 aromatic rings. The Kier molecular flexibility index (Phi) is 6.28. The Morgan fingerprint density at radius 3 is 2.20 bits per heavy atom. The summed E-state index contributed by atoms with van der Waals surface area (Å²) in [7, 11) is 0. The summed E-state index contributed by atoms with van der Waals surface area (Å²) < 4.78 is 10.3. The molecule has 130 valence electrons. The summed E-state index contributed by atoms with van der Waals surface area (Å²) >= 11 is 0. The van der Waals surface area contributed by atoms with Crippen LogP contribution in [0.25, 0.3) is 0 Å². The lowest BCUT2D eigenvalue weighted by Crippen LogP contribution is -2.21. The number of esters is 2. The molecule has 0 saturated carbocycles. The molecule has 0 aromatic heterocycles. The van der Waals surface area contributed by atoms with Crippen LogP contribution in [0.15, 0.2) is 54.6 Å². The van der Waals surface area contributed by atoms with E-state index < -0.39 is 24.0 Å². The van der Waals surface area contributed by atoms with Gasteiger partial charge in [0.2, 0.25) is 0 Å². The van der Waals surface area contributed by atoms with Crippen LogP contribution < -0.4 is 0 Å². The third-order valence-corrected chi connectivity index (χ3v) is 3.38. The zero-order valence-corrected chi connectivity index (χ0v) is 13.7. The average Bonchev–Trinajstić information content (AvgIpc) is 2.60. The van der Waals surface area contributed by atoms with E-state index in [9.17, 15) is 14.4 Å². The Morgan fingerprint density at radius 2 is 1.56 bits per heavy atom. The number of ether oxygens (including phenoxy) is 2. The maximum absolute atomic E-state index is 12.1. The lowest BCUT2D eigenvalue weighted by Gasteiger charge is -2.14. The van der Waals surface area contributed by atoms with Crippen LogP contribution in [0.5, 0.6) is 0 Å². The number of rotatable bonds is 7. The quantitative estimate of drug-likeness (QED) is 0.778. The average molecular weight is 342 g/mol. The predicted octanol–water partition coefficient (Wildman–Crippen LogP) is 3.06. The molecule has 0 aliphatic heterocycles. The molecule has 2 rings (SSSR count). The van der Waals surface area contributed by atoms with Crippen LogP contribution in [0.2, 0.25) is 0 Å². The van der Waals surface area contributed by atoms with Crippen LogP contribution in [0.3, 0.4) is 0 Å². The van der Waals surface area contributed by atoms with Crippen molar-refractivity contribution in [2.45, 2.75) is 26.1 Å². The van der Waals surface area contributed by atoms with Crippen LogP contribution in [-0.2, 0) is 20.9 Å². The number of carboxylic acids is 1. The summed E-state index contributed by atoms with van der Waals surface area (Å²) in [6.45, 7) is 1.69. The second kappa shape index (κ2) is 8.63. The smallest absolute Gasteiger partial charge is 0.339 e. The fourth-order valence-electron chi connectivity index (χ4n) is 2.17. The van der Waals surface area contributed by atoms with E-state index in [1.165, 1.54) is 18.2 Å². The molecule has 0 heterocycles. The molecule has 0 fully saturated rings. The molecule has 1 atom stereocenters. The van der Waals surface area contributed by atoms with Gasteiger partial charge in [0.1, 0.15) is 12.7 Å². The van der Waals surface area contributed by atoms with Crippen LogP contribution in [0.1, 0.15) is 39.6 Å². The van der Waals surface area contributed by atoms with Gasteiger partial charge >= 0.3 is 17.9 Å². The molecule has 0 bridgehead atoms. The highest BCUT2D eigenvalue weighted by atomic mass is 16.6. The third kappa shape index (κ3) is 5.46. The standard InChI is InChI=1S/C19H18O6/c1-13(11-17(20)24-12-14-7-3-2-4-8-14)25-19(23)16-10-6-5-9-15(16)18(21)22/h2-10,13H,11-12H2,1H3,(H,21,22)/t13-/m0/s1. The van der Waals surface area contributed by atoms with Crippen molar-refractivity contribution in [1.82, 2.24) is 0 Å². The number of carbonyl (C=O) groups is 3. The van der Waals surface area contributed by atoms with Crippen molar-refractivity contribution in [3.63, 3.8) is 0 Å². The lowest BCUT2D eigenvalue weighted by molar-refractivity contribution is -0.147. The number of aromatic carboxylic acids is 1. The summed E-state index contributed by atoms with van der Waals surface area (Å²) in [5.74, 6) is -2.51. The Morgan fingerprint density at radius 1 is 0.960 bits per heavy atom. The molecule has 0 spiro atoms. The van der Waals surface area contributed by atoms with E-state index in [2.05, 4.69) is 0 Å². The van der Waals surface area contributed by atoms with Crippen molar-refractivity contribution in [1.29, 1.82) is 0 Å². The Bertz CT molecular complexity index is 754. The fourth-order valence-corrected chi connectivity index (χ4v) is 2.17. The summed E-state index contributed by atoms with van der Waals surface area (Å²) in [5, 5.41) is 9.09. The van der Waals surface area contributed by atoms with Crippen LogP contribution in [0.4, 0.5) is 0 Å². The normalized spacial score (nSPS) is 11.4. The Balaban J connectivity index is 1.87. The first-order chi connectivity index (χ1) is 12.0. The van der Waals surface area contributed by atoms with E-state index in [-0.39, 0.29) is 24.2 Å². The number of benzene rings is 2. The molecule has 6 heteroatoms. The van der Waals surface area contributed by atoms with E-state index in [0.717, 1.165) is 5.56 Å². The highest BCUT2D eigenvalue weighted by molar-refractivity contribution is 6.02. The molecule has 0 unspecified atom stereocenters. The molecule has 0 radical (unpaired) electrons. The Labute approximate surface area is 145 Å². The second-order valence-corrected chi connectivity index (χ2v) is 5.42. The largest absolute Gasteiger partial charge is 0.478 e. The molecular formula is C19H18O6. The monoisotopic (exact) mass is 342 g/mol. The van der Waals surface area contributed by atoms with Crippen molar-refractivity contribution in [3.05, 3.63) is 71.3 Å². The minimum atomic E-state index is -1.22. The van der Waals surface area contributed by atoms with Gasteiger partial charge in [0.05, 0.1) is 17.5 Å². The first kappa shape index (κ1) is 18.2. The minimum Gasteiger partial charge on any atom is -0.478 e. The van der Waals surface area contributed by atoms with Crippen LogP contribution >= 0.6 is 0 Å². The first-order valence-corrected chi connectivity index (χ1v) is 7.70. The molecule has 0 aliphatic carbocycles. The van der Waals surface area contributed by atoms with E-state index >= 15 is 0 Å². The molecule has 0 saturated heterocycles. The van der Waals surface area contributed by atoms with Crippen molar-refractivity contribution in [2.24, 2.45) is 0 Å². The van der Waals surface area contributed by atoms with E-state index in [1.54, 1.807) is 13.0 Å². The highest BCUT2D eigenvalue weighted by Gasteiger charge is 2.20. The number of hydrogen-bond donors (Lipinski definition) is 1. The SMILES string of the molecule is C[C@@H](CC(=O)OCc1ccccc1)OC(=O)c1ccccc1C(=O)O. The first-order valence-electron chi connectivity index (χ1n) is 7.70. The third-order valence-electron chi connectivity index (χ3n) is 3.38. The zero-order valence-electron chi connectivity index (χ0n) is 13.7. The maximum atomic E-state index is 12.1. The van der Waals surface area contributed by atoms with Gasteiger partial charge in [0, 0.05) is 0 Å². The lowest BCUT2D eigenvalue weighted by atomic mass is 10.1. The van der Waals surface area contributed by atoms with Gasteiger partial charge in [0.15, 0.2) is 0 Å². The van der Waals surface area contributed by atoms with Gasteiger partial charge in [0.25, 0.3) is 0 Å². The molecular weight excluding hydrogens is 324 g/mol. The molecule has 0 amide bonds. The maximum Gasteiger partial charge on any atom is 0.339 e. The van der Waals surface area contributed by atoms with E-state index in [1.807, 2.05) is 30.3 Å². The zero-order chi connectivity index (χ0) is 18.2. The minimum absolute atomic E-state index is 0.0560. The second-order valence-electron chi connectivity index (χ2n) is 5.42. The van der Waals surface area contributed by atoms with Gasteiger partial charge in [-0.2, -0.15) is 0 Å². The molecule has 2 aromatic carbocycles. The predicted molar refractivity (Wildman–Crippen MR) is 89.1 cm³/mol. The summed E-state index contributed by atoms with van der Waals surface area (Å²) in [4.78, 5) is 35.0. The van der Waals surface area contributed by atoms with E-state index in [0.29, 0.717) is 0 Å². The van der Waals surface area contributed by atoms with Gasteiger partial charge in [-0.15, -0.1) is 0 Å². The van der Waals surface area contributed by atoms with Gasteiger partial charge in [-0.05, 0) is 24.6 Å². The van der Waals surface area contributed by atoms with Crippen molar-refractivity contribution >= 4 is 17.9 Å². The molecule has 0 aliphatic rings. The number of hydrogen-bond acceptors (Lipinski definition) is 5. The highest BCUT2D eigenvalue weighted by Crippen LogP contribution is 2.13. The molecule has 1 N–H and O–H groups in total. The molecule has 6 nitrogen and oxygen atoms in total. The Hall–Kier alpha value is -3.15. The van der Waals surface area contributed by atoms with Crippen LogP contribution in [0, 0.1) is 0 Å². The number of carboxylic acid groups (broad SMARTS) is 1. The van der Waals surface area contributed by atoms with Crippen molar-refractivity contribution in [3.8, 4) is 0 Å². The number of carbonyl (C=O) groups excluding carboxylic acids is 2. The van der Waals surface area contributed by atoms with Gasteiger partial charge in [-0.25, -0.2) is 9.59 Å². The van der Waals surface area contributed by atoms with Crippen LogP contribution in [-0.4, -0.2) is 29.1 Å².